The van der Waals surface area contributed by atoms with Crippen LogP contribution in [-0.4, -0.2) is 10.1 Å². The molecule has 0 atom stereocenters. The number of hydrogen-bond donors (Lipinski definition) is 1. The van der Waals surface area contributed by atoms with Crippen molar-refractivity contribution in [1.29, 1.82) is 0 Å². The summed E-state index contributed by atoms with van der Waals surface area (Å²) in [6.07, 6.45) is 18.9. The number of nitrogens with zero attached hydrogens (tertiary/aromatic N) is 1. The van der Waals surface area contributed by atoms with E-state index in [9.17, 15) is 5.11 Å². The van der Waals surface area contributed by atoms with E-state index in [0.29, 0.717) is 11.8 Å². The molecular formula is C20H32ClNO. The van der Waals surface area contributed by atoms with E-state index in [1.54, 1.807) is 0 Å². The van der Waals surface area contributed by atoms with Crippen molar-refractivity contribution in [1.82, 2.24) is 4.98 Å². The molecule has 0 aromatic carbocycles. The molecule has 1 aromatic heterocycles. The topological polar surface area (TPSA) is 33.1 Å². The van der Waals surface area contributed by atoms with Crippen molar-refractivity contribution in [3.63, 3.8) is 0 Å². The van der Waals surface area contributed by atoms with Gasteiger partial charge in [-0.25, -0.2) is 0 Å². The number of pyridine rings is 1. The molecule has 1 aromatic rings. The van der Waals surface area contributed by atoms with Gasteiger partial charge in [0.2, 0.25) is 0 Å². The molecule has 0 spiro atoms. The van der Waals surface area contributed by atoms with Gasteiger partial charge in [0, 0.05) is 18.0 Å². The average molecular weight is 338 g/mol. The third-order valence-electron chi connectivity index (χ3n) is 5.90. The fraction of sp³-hybridized carbons (Fsp3) is 0.750. The first-order valence-corrected chi connectivity index (χ1v) is 9.39. The second-order valence-electron chi connectivity index (χ2n) is 7.69. The van der Waals surface area contributed by atoms with Crippen LogP contribution in [0.3, 0.4) is 0 Å². The molecule has 3 rings (SSSR count). The van der Waals surface area contributed by atoms with Gasteiger partial charge in [0.25, 0.3) is 0 Å². The molecule has 23 heavy (non-hydrogen) atoms. The molecule has 0 unspecified atom stereocenters. The Balaban J connectivity index is 0.00000192. The van der Waals surface area contributed by atoms with Gasteiger partial charge in [-0.1, -0.05) is 70.3 Å². The van der Waals surface area contributed by atoms with E-state index in [2.05, 4.69) is 11.1 Å². The Hall–Kier alpha value is -0.600. The Morgan fingerprint density at radius 3 is 1.87 bits per heavy atom. The smallest absolute Gasteiger partial charge is 0.0916 e. The number of rotatable bonds is 5. The first-order chi connectivity index (χ1) is 10.8. The summed E-state index contributed by atoms with van der Waals surface area (Å²) in [6, 6.07) is 4.06. The van der Waals surface area contributed by atoms with Gasteiger partial charge in [0.15, 0.2) is 0 Å². The van der Waals surface area contributed by atoms with Crippen molar-refractivity contribution in [3.05, 3.63) is 30.1 Å². The maximum atomic E-state index is 11.5. The van der Waals surface area contributed by atoms with Crippen LogP contribution in [-0.2, 0) is 5.60 Å². The zero-order chi connectivity index (χ0) is 15.3. The molecule has 1 heterocycles. The molecule has 0 aliphatic heterocycles. The van der Waals surface area contributed by atoms with Crippen molar-refractivity contribution < 1.29 is 5.11 Å². The minimum absolute atomic E-state index is 0. The van der Waals surface area contributed by atoms with Crippen LogP contribution in [0.1, 0.15) is 82.6 Å². The van der Waals surface area contributed by atoms with E-state index >= 15 is 0 Å². The van der Waals surface area contributed by atoms with E-state index in [1.807, 2.05) is 18.5 Å². The van der Waals surface area contributed by atoms with Gasteiger partial charge in [-0.2, -0.15) is 0 Å². The fourth-order valence-corrected chi connectivity index (χ4v) is 4.69. The highest BCUT2D eigenvalue weighted by molar-refractivity contribution is 5.85. The van der Waals surface area contributed by atoms with Gasteiger partial charge in [0.1, 0.15) is 0 Å². The van der Waals surface area contributed by atoms with Crippen LogP contribution in [0.5, 0.6) is 0 Å². The summed E-state index contributed by atoms with van der Waals surface area (Å²) in [5.41, 5.74) is 0.393. The number of halogens is 1. The summed E-state index contributed by atoms with van der Waals surface area (Å²) < 4.78 is 0. The number of aromatic nitrogens is 1. The lowest BCUT2D eigenvalue weighted by molar-refractivity contribution is -0.0215. The van der Waals surface area contributed by atoms with E-state index in [0.717, 1.165) is 18.4 Å². The molecule has 2 nitrogen and oxygen atoms in total. The molecule has 2 fully saturated rings. The molecule has 3 heteroatoms. The Morgan fingerprint density at radius 2 is 1.43 bits per heavy atom. The van der Waals surface area contributed by atoms with Crippen LogP contribution in [0, 0.1) is 11.8 Å². The van der Waals surface area contributed by atoms with Crippen LogP contribution >= 0.6 is 12.4 Å². The predicted molar refractivity (Wildman–Crippen MR) is 97.8 cm³/mol. The van der Waals surface area contributed by atoms with Crippen molar-refractivity contribution in [2.24, 2.45) is 11.8 Å². The lowest BCUT2D eigenvalue weighted by atomic mass is 9.72. The van der Waals surface area contributed by atoms with Gasteiger partial charge in [-0.15, -0.1) is 12.4 Å². The van der Waals surface area contributed by atoms with E-state index in [1.165, 1.54) is 64.2 Å². The molecule has 0 saturated heterocycles. The van der Waals surface area contributed by atoms with Gasteiger partial charge < -0.3 is 5.11 Å². The first kappa shape index (κ1) is 18.7. The number of hydrogen-bond acceptors (Lipinski definition) is 2. The maximum absolute atomic E-state index is 11.5. The van der Waals surface area contributed by atoms with Crippen molar-refractivity contribution >= 4 is 12.4 Å². The molecule has 130 valence electrons. The van der Waals surface area contributed by atoms with Gasteiger partial charge in [-0.3, -0.25) is 4.98 Å². The monoisotopic (exact) mass is 337 g/mol. The molecule has 0 amide bonds. The SMILES string of the molecule is Cl.OC(CC1CCCCC1)(CC1CCCCC1)c1cccnc1. The molecule has 2 aliphatic rings. The Morgan fingerprint density at radius 1 is 0.913 bits per heavy atom. The van der Waals surface area contributed by atoms with Crippen LogP contribution < -0.4 is 0 Å². The zero-order valence-corrected chi connectivity index (χ0v) is 15.1. The molecule has 1 N–H and O–H groups in total. The largest absolute Gasteiger partial charge is 0.385 e. The minimum Gasteiger partial charge on any atom is -0.385 e. The molecule has 2 saturated carbocycles. The van der Waals surface area contributed by atoms with Gasteiger partial charge in [-0.05, 0) is 30.7 Å². The fourth-order valence-electron chi connectivity index (χ4n) is 4.69. The minimum atomic E-state index is -0.654. The third-order valence-corrected chi connectivity index (χ3v) is 5.90. The zero-order valence-electron chi connectivity index (χ0n) is 14.3. The van der Waals surface area contributed by atoms with Gasteiger partial charge >= 0.3 is 0 Å². The summed E-state index contributed by atoms with van der Waals surface area (Å²) in [5, 5.41) is 11.5. The Labute approximate surface area is 147 Å². The van der Waals surface area contributed by atoms with E-state index in [4.69, 9.17) is 0 Å². The highest BCUT2D eigenvalue weighted by Crippen LogP contribution is 2.42. The number of aliphatic hydroxyl groups is 1. The summed E-state index contributed by atoms with van der Waals surface area (Å²) in [5.74, 6) is 1.39. The third kappa shape index (κ3) is 5.19. The van der Waals surface area contributed by atoms with Crippen LogP contribution in [0.4, 0.5) is 0 Å². The molecule has 2 aliphatic carbocycles. The van der Waals surface area contributed by atoms with E-state index < -0.39 is 5.60 Å². The Kier molecular flexibility index (Phi) is 7.36. The van der Waals surface area contributed by atoms with E-state index in [-0.39, 0.29) is 12.4 Å². The summed E-state index contributed by atoms with van der Waals surface area (Å²) in [4.78, 5) is 4.28. The van der Waals surface area contributed by atoms with Crippen LogP contribution in [0.2, 0.25) is 0 Å². The normalized spacial score (nSPS) is 20.9. The predicted octanol–water partition coefficient (Wildman–Crippen LogP) is 5.63. The first-order valence-electron chi connectivity index (χ1n) is 9.39. The van der Waals surface area contributed by atoms with Crippen molar-refractivity contribution in [2.45, 2.75) is 82.7 Å². The highest BCUT2D eigenvalue weighted by atomic mass is 35.5. The maximum Gasteiger partial charge on any atom is 0.0916 e. The second-order valence-corrected chi connectivity index (χ2v) is 7.69. The van der Waals surface area contributed by atoms with Crippen molar-refractivity contribution in [3.8, 4) is 0 Å². The molecule has 0 radical (unpaired) electrons. The molecule has 0 bridgehead atoms. The average Bonchev–Trinajstić information content (AvgIpc) is 2.57. The molecular weight excluding hydrogens is 306 g/mol. The summed E-state index contributed by atoms with van der Waals surface area (Å²) in [6.45, 7) is 0. The second kappa shape index (κ2) is 9.03. The summed E-state index contributed by atoms with van der Waals surface area (Å²) in [7, 11) is 0. The van der Waals surface area contributed by atoms with Gasteiger partial charge in [0.05, 0.1) is 5.60 Å². The van der Waals surface area contributed by atoms with Crippen LogP contribution in [0.15, 0.2) is 24.5 Å². The lowest BCUT2D eigenvalue weighted by Gasteiger charge is -2.37. The lowest BCUT2D eigenvalue weighted by Crippen LogP contribution is -2.33. The van der Waals surface area contributed by atoms with Crippen LogP contribution in [0.25, 0.3) is 0 Å². The summed E-state index contributed by atoms with van der Waals surface area (Å²) >= 11 is 0. The standard InChI is InChI=1S/C20H31NO.ClH/c22-20(19-12-7-13-21-16-19,14-17-8-3-1-4-9-17)15-18-10-5-2-6-11-18;/h7,12-13,16-18,22H,1-6,8-11,14-15H2;1H. The highest BCUT2D eigenvalue weighted by Gasteiger charge is 2.35. The van der Waals surface area contributed by atoms with Crippen molar-refractivity contribution in [2.75, 3.05) is 0 Å². The Bertz CT molecular complexity index is 418. The quantitative estimate of drug-likeness (QED) is 0.755.